The minimum Gasteiger partial charge on any atom is -0.497 e. The molecule has 7 nitrogen and oxygen atoms in total. The number of hydrogen-bond acceptors (Lipinski definition) is 5. The molecule has 0 spiro atoms. The zero-order chi connectivity index (χ0) is 20.5. The molecule has 2 N–H and O–H groups in total. The topological polar surface area (TPSA) is 89.0 Å². The number of benzene rings is 2. The molecule has 0 unspecified atom stereocenters. The van der Waals surface area contributed by atoms with Gasteiger partial charge in [-0.05, 0) is 55.3 Å². The number of carbonyl (C=O) groups is 2. The molecule has 0 aromatic heterocycles. The Kier molecular flexibility index (Phi) is 7.83. The number of nitrogens with zero attached hydrogens (tertiary/aromatic N) is 1. The Labute approximate surface area is 168 Å². The monoisotopic (exact) mass is 403 g/mol. The predicted molar refractivity (Wildman–Crippen MR) is 109 cm³/mol. The van der Waals surface area contributed by atoms with Gasteiger partial charge in [-0.3, -0.25) is 4.79 Å². The van der Waals surface area contributed by atoms with Crippen LogP contribution in [-0.4, -0.2) is 24.8 Å². The molecule has 0 atom stereocenters. The number of carbonyl (C=O) groups excluding carboxylic acids is 2. The zero-order valence-corrected chi connectivity index (χ0v) is 16.7. The molecule has 8 heteroatoms. The maximum absolute atomic E-state index is 12.1. The summed E-state index contributed by atoms with van der Waals surface area (Å²) in [5.74, 6) is 0.473. The van der Waals surface area contributed by atoms with Crippen LogP contribution in [0.5, 0.6) is 5.75 Å². The van der Waals surface area contributed by atoms with Crippen LogP contribution >= 0.6 is 11.6 Å². The van der Waals surface area contributed by atoms with Crippen LogP contribution in [0.1, 0.15) is 24.5 Å². The van der Waals surface area contributed by atoms with E-state index in [1.165, 1.54) is 0 Å². The molecule has 2 aromatic carbocycles. The normalized spacial score (nSPS) is 10.9. The van der Waals surface area contributed by atoms with Gasteiger partial charge in [0.1, 0.15) is 12.4 Å². The van der Waals surface area contributed by atoms with Gasteiger partial charge in [-0.1, -0.05) is 23.7 Å². The molecule has 0 aliphatic heterocycles. The predicted octanol–water partition coefficient (Wildman–Crippen LogP) is 4.29. The molecule has 0 radical (unpaired) electrons. The zero-order valence-electron chi connectivity index (χ0n) is 15.9. The number of halogens is 1. The molecule has 2 aromatic rings. The summed E-state index contributed by atoms with van der Waals surface area (Å²) in [6.45, 7) is 3.58. The van der Waals surface area contributed by atoms with Crippen molar-refractivity contribution in [3.63, 3.8) is 0 Å². The lowest BCUT2D eigenvalue weighted by atomic mass is 10.2. The fraction of sp³-hybridized carbons (Fsp3) is 0.250. The third-order valence-corrected chi connectivity index (χ3v) is 3.98. The minimum atomic E-state index is -0.705. The van der Waals surface area contributed by atoms with Gasteiger partial charge < -0.3 is 14.8 Å². The third kappa shape index (κ3) is 6.92. The molecule has 0 saturated carbocycles. The third-order valence-electron chi connectivity index (χ3n) is 3.75. The lowest BCUT2D eigenvalue weighted by molar-refractivity contribution is -0.115. The number of nitrogens with one attached hydrogen (secondary N) is 2. The van der Waals surface area contributed by atoms with Gasteiger partial charge in [-0.25, -0.2) is 10.2 Å². The van der Waals surface area contributed by atoms with Crippen molar-refractivity contribution in [2.24, 2.45) is 5.10 Å². The van der Waals surface area contributed by atoms with Crippen molar-refractivity contribution in [2.75, 3.05) is 12.4 Å². The van der Waals surface area contributed by atoms with Crippen LogP contribution in [0.2, 0.25) is 5.02 Å². The van der Waals surface area contributed by atoms with E-state index in [1.54, 1.807) is 56.5 Å². The van der Waals surface area contributed by atoms with Crippen molar-refractivity contribution >= 4 is 35.0 Å². The first-order valence-corrected chi connectivity index (χ1v) is 8.90. The van der Waals surface area contributed by atoms with Crippen molar-refractivity contribution in [2.45, 2.75) is 26.9 Å². The second kappa shape index (κ2) is 10.3. The van der Waals surface area contributed by atoms with Crippen LogP contribution in [-0.2, 0) is 16.1 Å². The van der Waals surface area contributed by atoms with Gasteiger partial charge in [-0.2, -0.15) is 5.10 Å². The van der Waals surface area contributed by atoms with E-state index in [0.717, 1.165) is 16.9 Å². The first kappa shape index (κ1) is 21.2. The molecule has 2 amide bonds. The van der Waals surface area contributed by atoms with Crippen molar-refractivity contribution in [3.05, 3.63) is 58.6 Å². The van der Waals surface area contributed by atoms with Crippen LogP contribution < -0.4 is 15.5 Å². The van der Waals surface area contributed by atoms with E-state index >= 15 is 0 Å². The Morgan fingerprint density at radius 3 is 2.50 bits per heavy atom. The first-order valence-electron chi connectivity index (χ1n) is 8.52. The number of hydrazone groups is 1. The number of rotatable bonds is 7. The molecule has 2 rings (SSSR count). The summed E-state index contributed by atoms with van der Waals surface area (Å²) in [5, 5.41) is 7.25. The highest BCUT2D eigenvalue weighted by molar-refractivity contribution is 6.30. The van der Waals surface area contributed by atoms with E-state index in [0.29, 0.717) is 16.4 Å². The quantitative estimate of drug-likeness (QED) is 0.533. The molecular formula is C20H22ClN3O4. The van der Waals surface area contributed by atoms with Gasteiger partial charge >= 0.3 is 6.09 Å². The van der Waals surface area contributed by atoms with E-state index in [-0.39, 0.29) is 18.9 Å². The Hall–Kier alpha value is -3.06. The Balaban J connectivity index is 1.77. The fourth-order valence-corrected chi connectivity index (χ4v) is 2.50. The van der Waals surface area contributed by atoms with Crippen LogP contribution in [0.4, 0.5) is 10.5 Å². The first-order chi connectivity index (χ1) is 13.4. The highest BCUT2D eigenvalue weighted by Crippen LogP contribution is 2.19. The van der Waals surface area contributed by atoms with Crippen molar-refractivity contribution in [1.29, 1.82) is 0 Å². The highest BCUT2D eigenvalue weighted by atomic mass is 35.5. The van der Waals surface area contributed by atoms with E-state index in [1.807, 2.05) is 6.92 Å². The summed E-state index contributed by atoms with van der Waals surface area (Å²) in [6, 6.07) is 12.3. The minimum absolute atomic E-state index is 0.0286. The van der Waals surface area contributed by atoms with Crippen LogP contribution in [0.25, 0.3) is 0 Å². The summed E-state index contributed by atoms with van der Waals surface area (Å²) in [5.41, 5.74) is 5.05. The van der Waals surface area contributed by atoms with Gasteiger partial charge in [0, 0.05) is 16.4 Å². The molecule has 0 fully saturated rings. The van der Waals surface area contributed by atoms with Crippen molar-refractivity contribution < 1.29 is 19.1 Å². The van der Waals surface area contributed by atoms with E-state index in [4.69, 9.17) is 21.1 Å². The molecule has 0 aliphatic rings. The van der Waals surface area contributed by atoms with Gasteiger partial charge in [0.25, 0.3) is 0 Å². The highest BCUT2D eigenvalue weighted by Gasteiger charge is 2.08. The SMILES string of the molecule is COc1ccc(COC(=O)NN=C(C)CC(=O)Nc2ccc(Cl)cc2C)cc1. The molecule has 0 heterocycles. The lowest BCUT2D eigenvalue weighted by Crippen LogP contribution is -2.22. The van der Waals surface area contributed by atoms with E-state index < -0.39 is 6.09 Å². The average molecular weight is 404 g/mol. The van der Waals surface area contributed by atoms with Crippen LogP contribution in [0.3, 0.4) is 0 Å². The maximum atomic E-state index is 12.1. The van der Waals surface area contributed by atoms with E-state index in [2.05, 4.69) is 15.8 Å². The summed E-state index contributed by atoms with van der Waals surface area (Å²) in [7, 11) is 1.58. The van der Waals surface area contributed by atoms with Gasteiger partial charge in [0.2, 0.25) is 5.91 Å². The van der Waals surface area contributed by atoms with Gasteiger partial charge in [0.05, 0.1) is 13.5 Å². The smallest absolute Gasteiger partial charge is 0.428 e. The number of hydrogen-bond donors (Lipinski definition) is 2. The number of amides is 2. The molecule has 0 bridgehead atoms. The summed E-state index contributed by atoms with van der Waals surface area (Å²) >= 11 is 5.90. The second-order valence-electron chi connectivity index (χ2n) is 6.07. The van der Waals surface area contributed by atoms with Crippen molar-refractivity contribution in [3.8, 4) is 5.75 Å². The summed E-state index contributed by atoms with van der Waals surface area (Å²) in [6.07, 6.45) is -0.676. The summed E-state index contributed by atoms with van der Waals surface area (Å²) < 4.78 is 10.1. The number of anilines is 1. The van der Waals surface area contributed by atoms with E-state index in [9.17, 15) is 9.59 Å². The van der Waals surface area contributed by atoms with Crippen LogP contribution in [0.15, 0.2) is 47.6 Å². The fourth-order valence-electron chi connectivity index (χ4n) is 2.28. The molecule has 0 aliphatic carbocycles. The average Bonchev–Trinajstić information content (AvgIpc) is 2.67. The van der Waals surface area contributed by atoms with Crippen molar-refractivity contribution in [1.82, 2.24) is 5.43 Å². The number of methoxy groups -OCH3 is 1. The Bertz CT molecular complexity index is 866. The number of ether oxygens (including phenoxy) is 2. The molecule has 0 saturated heterocycles. The van der Waals surface area contributed by atoms with Crippen LogP contribution in [0, 0.1) is 6.92 Å². The lowest BCUT2D eigenvalue weighted by Gasteiger charge is -2.09. The molecule has 148 valence electrons. The van der Waals surface area contributed by atoms with Gasteiger partial charge in [-0.15, -0.1) is 0 Å². The van der Waals surface area contributed by atoms with Gasteiger partial charge in [0.15, 0.2) is 0 Å². The number of aryl methyl sites for hydroxylation is 1. The Morgan fingerprint density at radius 2 is 1.86 bits per heavy atom. The maximum Gasteiger partial charge on any atom is 0.428 e. The second-order valence-corrected chi connectivity index (χ2v) is 6.50. The summed E-state index contributed by atoms with van der Waals surface area (Å²) in [4.78, 5) is 23.8. The Morgan fingerprint density at radius 1 is 1.14 bits per heavy atom. The molecule has 28 heavy (non-hydrogen) atoms. The molecular weight excluding hydrogens is 382 g/mol. The standard InChI is InChI=1S/C20H22ClN3O4/c1-13-10-16(21)6-9-18(13)22-19(25)11-14(2)23-24-20(26)28-12-15-4-7-17(27-3)8-5-15/h4-10H,11-12H2,1-3H3,(H,22,25)(H,24,26). The largest absolute Gasteiger partial charge is 0.497 e.